The summed E-state index contributed by atoms with van der Waals surface area (Å²) >= 11 is 1.69. The number of aryl methyl sites for hydroxylation is 1. The van der Waals surface area contributed by atoms with E-state index in [1.54, 1.807) is 18.0 Å². The summed E-state index contributed by atoms with van der Waals surface area (Å²) in [7, 11) is 0. The number of carbonyl (C=O) groups is 2. The molecule has 0 spiro atoms. The molecule has 10 heteroatoms. The third-order valence-electron chi connectivity index (χ3n) is 9.14. The Morgan fingerprint density at radius 2 is 1.74 bits per heavy atom. The van der Waals surface area contributed by atoms with Crippen molar-refractivity contribution in [3.63, 3.8) is 0 Å². The van der Waals surface area contributed by atoms with Gasteiger partial charge < -0.3 is 29.0 Å². The molecule has 1 aliphatic rings. The molecule has 54 heavy (non-hydrogen) atoms. The number of amides is 1. The second kappa shape index (κ2) is 21.4. The lowest BCUT2D eigenvalue weighted by atomic mass is 9.96. The van der Waals surface area contributed by atoms with Crippen LogP contribution >= 0.6 is 11.8 Å². The Morgan fingerprint density at radius 1 is 0.944 bits per heavy atom. The average molecular weight is 753 g/mol. The normalized spacial score (nSPS) is 13.8. The van der Waals surface area contributed by atoms with Crippen LogP contribution in [0.4, 0.5) is 11.4 Å². The van der Waals surface area contributed by atoms with Crippen LogP contribution in [0.25, 0.3) is 17.2 Å². The molecular weight excluding hydrogens is 697 g/mol. The first kappa shape index (κ1) is 40.6. The quantitative estimate of drug-likeness (QED) is 0.0542. The number of aromatic nitrogens is 2. The second-order valence-electron chi connectivity index (χ2n) is 13.9. The van der Waals surface area contributed by atoms with Gasteiger partial charge in [-0.25, -0.2) is 4.98 Å². The summed E-state index contributed by atoms with van der Waals surface area (Å²) in [6.07, 6.45) is 10.7. The molecule has 0 atom stereocenters. The molecule has 288 valence electrons. The van der Waals surface area contributed by atoms with Crippen LogP contribution in [0.15, 0.2) is 89.6 Å². The predicted molar refractivity (Wildman–Crippen MR) is 220 cm³/mol. The zero-order chi connectivity index (χ0) is 38.1. The molecular formula is C44H56N4O5S. The molecule has 0 aliphatic carbocycles. The van der Waals surface area contributed by atoms with Crippen LogP contribution < -0.4 is 15.0 Å². The number of benzene rings is 3. The van der Waals surface area contributed by atoms with Crippen molar-refractivity contribution in [2.24, 2.45) is 5.92 Å². The van der Waals surface area contributed by atoms with Gasteiger partial charge in [0.25, 0.3) is 5.91 Å². The number of hydrogen-bond donors (Lipinski definition) is 1. The Balaban J connectivity index is 1.23. The Labute approximate surface area is 325 Å². The molecule has 5 rings (SSSR count). The van der Waals surface area contributed by atoms with Crippen molar-refractivity contribution in [3.8, 4) is 16.9 Å². The number of thioether (sulfide) groups is 1. The van der Waals surface area contributed by atoms with E-state index in [-0.39, 0.29) is 11.9 Å². The summed E-state index contributed by atoms with van der Waals surface area (Å²) in [6.45, 7) is 13.3. The summed E-state index contributed by atoms with van der Waals surface area (Å²) in [5.41, 5.74) is 5.93. The number of nitrogens with one attached hydrogen (secondary N) is 1. The molecule has 0 saturated carbocycles. The smallest absolute Gasteiger partial charge is 0.305 e. The first-order chi connectivity index (χ1) is 26.3. The van der Waals surface area contributed by atoms with E-state index in [0.717, 1.165) is 95.6 Å². The maximum atomic E-state index is 13.8. The first-order valence-corrected chi connectivity index (χ1v) is 20.4. The van der Waals surface area contributed by atoms with E-state index in [9.17, 15) is 9.59 Å². The van der Waals surface area contributed by atoms with Crippen LogP contribution in [-0.2, 0) is 31.4 Å². The minimum absolute atomic E-state index is 0.0749. The van der Waals surface area contributed by atoms with Gasteiger partial charge in [0, 0.05) is 66.9 Å². The molecule has 1 amide bonds. The fraction of sp³-hybridized carbons (Fsp3) is 0.432. The van der Waals surface area contributed by atoms with E-state index < -0.39 is 0 Å². The van der Waals surface area contributed by atoms with Crippen LogP contribution in [0, 0.1) is 5.92 Å². The van der Waals surface area contributed by atoms with Crippen molar-refractivity contribution in [2.75, 3.05) is 49.7 Å². The fourth-order valence-corrected chi connectivity index (χ4v) is 7.27. The lowest BCUT2D eigenvalue weighted by Gasteiger charge is -2.30. The van der Waals surface area contributed by atoms with Gasteiger partial charge in [-0.2, -0.15) is 0 Å². The van der Waals surface area contributed by atoms with Gasteiger partial charge in [-0.05, 0) is 110 Å². The Morgan fingerprint density at radius 3 is 2.50 bits per heavy atom. The number of rotatable bonds is 20. The maximum Gasteiger partial charge on any atom is 0.305 e. The topological polar surface area (TPSA) is 94.9 Å². The minimum Gasteiger partial charge on any atom is -0.491 e. The summed E-state index contributed by atoms with van der Waals surface area (Å²) in [5, 5.41) is 3.16. The molecule has 1 aliphatic heterocycles. The molecule has 0 bridgehead atoms. The van der Waals surface area contributed by atoms with E-state index in [0.29, 0.717) is 50.8 Å². The van der Waals surface area contributed by atoms with Crippen molar-refractivity contribution in [3.05, 3.63) is 96.1 Å². The molecule has 1 N–H and O–H groups in total. The maximum absolute atomic E-state index is 13.8. The van der Waals surface area contributed by atoms with Gasteiger partial charge in [0.2, 0.25) is 0 Å². The molecule has 2 heterocycles. The van der Waals surface area contributed by atoms with E-state index in [4.69, 9.17) is 14.2 Å². The number of hydrogen-bond acceptors (Lipinski definition) is 8. The zero-order valence-corrected chi connectivity index (χ0v) is 33.2. The fourth-order valence-electron chi connectivity index (χ4n) is 6.40. The van der Waals surface area contributed by atoms with E-state index >= 15 is 0 Å². The highest BCUT2D eigenvalue weighted by atomic mass is 32.2. The van der Waals surface area contributed by atoms with Gasteiger partial charge in [-0.3, -0.25) is 9.59 Å². The second-order valence-corrected chi connectivity index (χ2v) is 15.0. The van der Waals surface area contributed by atoms with Crippen molar-refractivity contribution >= 4 is 41.1 Å². The highest BCUT2D eigenvalue weighted by Crippen LogP contribution is 2.33. The van der Waals surface area contributed by atoms with Crippen LogP contribution in [0.5, 0.6) is 5.75 Å². The summed E-state index contributed by atoms with van der Waals surface area (Å²) < 4.78 is 18.6. The van der Waals surface area contributed by atoms with E-state index in [2.05, 4.69) is 76.9 Å². The van der Waals surface area contributed by atoms with Gasteiger partial charge in [-0.15, -0.1) is 11.8 Å². The zero-order valence-electron chi connectivity index (χ0n) is 32.4. The molecule has 4 aromatic rings. The summed E-state index contributed by atoms with van der Waals surface area (Å²) in [4.78, 5) is 33.5. The first-order valence-electron chi connectivity index (χ1n) is 19.4. The third-order valence-corrected chi connectivity index (χ3v) is 10.2. The summed E-state index contributed by atoms with van der Waals surface area (Å²) in [6, 6.07) is 22.8. The van der Waals surface area contributed by atoms with Gasteiger partial charge in [-0.1, -0.05) is 45.4 Å². The number of anilines is 2. The Kier molecular flexibility index (Phi) is 16.1. The number of esters is 1. The molecule has 1 aromatic heterocycles. The molecule has 0 fully saturated rings. The molecule has 0 radical (unpaired) electrons. The van der Waals surface area contributed by atoms with Gasteiger partial charge in [0.1, 0.15) is 18.2 Å². The van der Waals surface area contributed by atoms with Crippen molar-refractivity contribution in [1.29, 1.82) is 0 Å². The van der Waals surface area contributed by atoms with E-state index in [1.165, 1.54) is 0 Å². The SMILES string of the molecule is CCCCOCCOc1ccc(-c2ccc3c(c2)/C=C(/C(=O)Nc2ccc(SCc4nccn4CCCC(=O)OCC)cc2)CCCN3CC(C)C)cc1. The third kappa shape index (κ3) is 12.5. The monoisotopic (exact) mass is 752 g/mol. The number of imidazole rings is 1. The average Bonchev–Trinajstić information content (AvgIpc) is 3.61. The molecule has 3 aromatic carbocycles. The number of ether oxygens (including phenoxy) is 3. The van der Waals surface area contributed by atoms with Gasteiger partial charge >= 0.3 is 5.97 Å². The number of unbranched alkanes of at least 4 members (excludes halogenated alkanes) is 1. The molecule has 0 saturated heterocycles. The van der Waals surface area contributed by atoms with Crippen LogP contribution in [0.3, 0.4) is 0 Å². The number of fused-ring (bicyclic) bond motifs is 1. The standard InChI is InChI=1S/C44H56N4O5S/c1-5-7-26-51-27-28-53-39-17-12-34(13-18-39)35-14-21-41-37(29-35)30-36(10-8-24-48(41)31-33(3)4)44(50)46-38-15-19-40(20-16-38)54-32-42-45-22-25-47(42)23-9-11-43(49)52-6-2/h12-22,25,29-30,33H,5-11,23-24,26-28,31-32H2,1-4H3,(H,46,50)/b36-30+. The minimum atomic E-state index is -0.165. The Hall–Kier alpha value is -4.54. The highest BCUT2D eigenvalue weighted by molar-refractivity contribution is 7.98. The van der Waals surface area contributed by atoms with Crippen LogP contribution in [0.1, 0.15) is 77.6 Å². The largest absolute Gasteiger partial charge is 0.491 e. The van der Waals surface area contributed by atoms with Gasteiger partial charge in [0.05, 0.1) is 19.0 Å². The van der Waals surface area contributed by atoms with Crippen LogP contribution in [0.2, 0.25) is 0 Å². The lowest BCUT2D eigenvalue weighted by Crippen LogP contribution is -2.30. The van der Waals surface area contributed by atoms with Crippen molar-refractivity contribution in [1.82, 2.24) is 9.55 Å². The predicted octanol–water partition coefficient (Wildman–Crippen LogP) is 9.66. The number of nitrogens with zero attached hydrogens (tertiary/aromatic N) is 3. The molecule has 0 unspecified atom stereocenters. The van der Waals surface area contributed by atoms with Crippen LogP contribution in [-0.4, -0.2) is 60.9 Å². The lowest BCUT2D eigenvalue weighted by molar-refractivity contribution is -0.143. The summed E-state index contributed by atoms with van der Waals surface area (Å²) in [5.74, 6) is 2.75. The van der Waals surface area contributed by atoms with Crippen molar-refractivity contribution < 1.29 is 23.8 Å². The van der Waals surface area contributed by atoms with Crippen molar-refractivity contribution in [2.45, 2.75) is 83.4 Å². The van der Waals surface area contributed by atoms with E-state index in [1.807, 2.05) is 49.5 Å². The molecule has 9 nitrogen and oxygen atoms in total. The Bertz CT molecular complexity index is 1800. The highest BCUT2D eigenvalue weighted by Gasteiger charge is 2.20. The van der Waals surface area contributed by atoms with Gasteiger partial charge in [0.15, 0.2) is 0 Å². The number of carbonyl (C=O) groups excluding carboxylic acids is 2.